The van der Waals surface area contributed by atoms with Crippen LogP contribution in [0, 0.1) is 5.82 Å². The van der Waals surface area contributed by atoms with E-state index in [1.165, 1.54) is 12.1 Å². The van der Waals surface area contributed by atoms with Crippen molar-refractivity contribution in [2.24, 2.45) is 0 Å². The summed E-state index contributed by atoms with van der Waals surface area (Å²) in [5.74, 6) is -1.95. The fourth-order valence-corrected chi connectivity index (χ4v) is 1.58. The molecule has 0 amide bonds. The van der Waals surface area contributed by atoms with Gasteiger partial charge in [-0.25, -0.2) is 9.18 Å². The van der Waals surface area contributed by atoms with Crippen molar-refractivity contribution in [3.05, 3.63) is 29.6 Å². The molecule has 5 heteroatoms. The first-order chi connectivity index (χ1) is 8.50. The van der Waals surface area contributed by atoms with Crippen LogP contribution in [0.25, 0.3) is 0 Å². The Labute approximate surface area is 106 Å². The fourth-order valence-electron chi connectivity index (χ4n) is 1.58. The van der Waals surface area contributed by atoms with E-state index >= 15 is 0 Å². The minimum absolute atomic E-state index is 0.298. The summed E-state index contributed by atoms with van der Waals surface area (Å²) in [5, 5.41) is 11.8. The van der Waals surface area contributed by atoms with Crippen LogP contribution >= 0.6 is 0 Å². The number of unbranched alkanes of at least 4 members (excludes halogenated alkanes) is 1. The fraction of sp³-hybridized carbons (Fsp3) is 0.462. The Hall–Kier alpha value is -1.62. The predicted molar refractivity (Wildman–Crippen MR) is 69.6 cm³/mol. The number of carbonyl (C=O) groups is 1. The van der Waals surface area contributed by atoms with Crippen molar-refractivity contribution in [3.63, 3.8) is 0 Å². The van der Waals surface area contributed by atoms with Crippen molar-refractivity contribution in [2.75, 3.05) is 32.5 Å². The molecule has 0 aliphatic rings. The molecule has 0 saturated heterocycles. The Balaban J connectivity index is 2.39. The van der Waals surface area contributed by atoms with Crippen LogP contribution in [0.15, 0.2) is 18.2 Å². The summed E-state index contributed by atoms with van der Waals surface area (Å²) in [7, 11) is 4.04. The van der Waals surface area contributed by atoms with Gasteiger partial charge in [-0.2, -0.15) is 0 Å². The second kappa shape index (κ2) is 6.96. The lowest BCUT2D eigenvalue weighted by atomic mass is 10.2. The van der Waals surface area contributed by atoms with E-state index in [0.717, 1.165) is 25.9 Å². The third-order valence-corrected chi connectivity index (χ3v) is 2.56. The van der Waals surface area contributed by atoms with Gasteiger partial charge in [0, 0.05) is 12.2 Å². The van der Waals surface area contributed by atoms with Crippen LogP contribution in [0.1, 0.15) is 23.2 Å². The monoisotopic (exact) mass is 254 g/mol. The molecule has 0 saturated carbocycles. The maximum atomic E-state index is 13.4. The molecule has 18 heavy (non-hydrogen) atoms. The first-order valence-electron chi connectivity index (χ1n) is 5.92. The summed E-state index contributed by atoms with van der Waals surface area (Å²) in [6.45, 7) is 1.77. The Bertz CT molecular complexity index is 408. The van der Waals surface area contributed by atoms with Gasteiger partial charge in [0.2, 0.25) is 0 Å². The molecule has 1 rings (SSSR count). The molecule has 0 aliphatic carbocycles. The quantitative estimate of drug-likeness (QED) is 0.733. The van der Waals surface area contributed by atoms with E-state index in [1.807, 2.05) is 14.1 Å². The Morgan fingerprint density at radius 1 is 1.39 bits per heavy atom. The number of benzene rings is 1. The van der Waals surface area contributed by atoms with Crippen LogP contribution in [0.3, 0.4) is 0 Å². The third-order valence-electron chi connectivity index (χ3n) is 2.56. The SMILES string of the molecule is CN(C)CCCCNc1ccc(C(=O)O)c(F)c1. The maximum Gasteiger partial charge on any atom is 0.338 e. The number of nitrogens with one attached hydrogen (secondary N) is 1. The number of carboxylic acids is 1. The molecular formula is C13H19FN2O2. The van der Waals surface area contributed by atoms with Gasteiger partial charge in [0.1, 0.15) is 5.82 Å². The number of aromatic carboxylic acids is 1. The van der Waals surface area contributed by atoms with Gasteiger partial charge in [-0.15, -0.1) is 0 Å². The number of carboxylic acid groups (broad SMARTS) is 1. The molecule has 100 valence electrons. The second-order valence-electron chi connectivity index (χ2n) is 4.44. The summed E-state index contributed by atoms with van der Waals surface area (Å²) >= 11 is 0. The number of rotatable bonds is 7. The lowest BCUT2D eigenvalue weighted by Crippen LogP contribution is -2.14. The van der Waals surface area contributed by atoms with Gasteiger partial charge in [-0.1, -0.05) is 0 Å². The van der Waals surface area contributed by atoms with Gasteiger partial charge < -0.3 is 15.3 Å². The van der Waals surface area contributed by atoms with E-state index in [1.54, 1.807) is 6.07 Å². The molecule has 1 aromatic rings. The molecule has 0 unspecified atom stereocenters. The number of halogens is 1. The van der Waals surface area contributed by atoms with Crippen molar-refractivity contribution in [1.29, 1.82) is 0 Å². The largest absolute Gasteiger partial charge is 0.478 e. The summed E-state index contributed by atoms with van der Waals surface area (Å²) in [6, 6.07) is 4.08. The van der Waals surface area contributed by atoms with Crippen LogP contribution in [0.2, 0.25) is 0 Å². The number of hydrogen-bond acceptors (Lipinski definition) is 3. The maximum absolute atomic E-state index is 13.4. The van der Waals surface area contributed by atoms with Crippen molar-refractivity contribution in [2.45, 2.75) is 12.8 Å². The lowest BCUT2D eigenvalue weighted by molar-refractivity contribution is 0.0692. The van der Waals surface area contributed by atoms with E-state index in [-0.39, 0.29) is 5.56 Å². The minimum Gasteiger partial charge on any atom is -0.478 e. The molecule has 0 spiro atoms. The van der Waals surface area contributed by atoms with Gasteiger partial charge in [-0.05, 0) is 51.7 Å². The van der Waals surface area contributed by atoms with Crippen LogP contribution in [-0.4, -0.2) is 43.2 Å². The molecule has 0 bridgehead atoms. The minimum atomic E-state index is -1.25. The highest BCUT2D eigenvalue weighted by Gasteiger charge is 2.09. The number of nitrogens with zero attached hydrogens (tertiary/aromatic N) is 1. The summed E-state index contributed by atoms with van der Waals surface area (Å²) in [5.41, 5.74) is 0.315. The van der Waals surface area contributed by atoms with E-state index in [4.69, 9.17) is 5.11 Å². The highest BCUT2D eigenvalue weighted by atomic mass is 19.1. The van der Waals surface area contributed by atoms with E-state index in [9.17, 15) is 9.18 Å². The zero-order valence-corrected chi connectivity index (χ0v) is 10.7. The predicted octanol–water partition coefficient (Wildman–Crippen LogP) is 2.28. The van der Waals surface area contributed by atoms with E-state index in [0.29, 0.717) is 5.69 Å². The Morgan fingerprint density at radius 2 is 2.11 bits per heavy atom. The summed E-state index contributed by atoms with van der Waals surface area (Å²) < 4.78 is 13.4. The van der Waals surface area contributed by atoms with Crippen molar-refractivity contribution >= 4 is 11.7 Å². The topological polar surface area (TPSA) is 52.6 Å². The Morgan fingerprint density at radius 3 is 2.67 bits per heavy atom. The average molecular weight is 254 g/mol. The zero-order valence-electron chi connectivity index (χ0n) is 10.7. The summed E-state index contributed by atoms with van der Waals surface area (Å²) in [6.07, 6.45) is 2.05. The molecule has 0 heterocycles. The standard InChI is InChI=1S/C13H19FN2O2/c1-16(2)8-4-3-7-15-10-5-6-11(13(17)18)12(14)9-10/h5-6,9,15H,3-4,7-8H2,1-2H3,(H,17,18). The van der Waals surface area contributed by atoms with E-state index < -0.39 is 11.8 Å². The molecule has 2 N–H and O–H groups in total. The van der Waals surface area contributed by atoms with Gasteiger partial charge in [0.05, 0.1) is 5.56 Å². The summed E-state index contributed by atoms with van der Waals surface area (Å²) in [4.78, 5) is 12.7. The van der Waals surface area contributed by atoms with Crippen LogP contribution in [0.5, 0.6) is 0 Å². The molecular weight excluding hydrogens is 235 g/mol. The normalized spacial score (nSPS) is 10.7. The second-order valence-corrected chi connectivity index (χ2v) is 4.44. The molecule has 1 aromatic carbocycles. The third kappa shape index (κ3) is 4.71. The zero-order chi connectivity index (χ0) is 13.5. The van der Waals surface area contributed by atoms with Gasteiger partial charge in [-0.3, -0.25) is 0 Å². The van der Waals surface area contributed by atoms with Gasteiger partial charge >= 0.3 is 5.97 Å². The smallest absolute Gasteiger partial charge is 0.338 e. The van der Waals surface area contributed by atoms with Crippen LogP contribution in [-0.2, 0) is 0 Å². The van der Waals surface area contributed by atoms with Crippen LogP contribution < -0.4 is 5.32 Å². The molecule has 4 nitrogen and oxygen atoms in total. The van der Waals surface area contributed by atoms with Gasteiger partial charge in [0.15, 0.2) is 0 Å². The molecule has 0 fully saturated rings. The van der Waals surface area contributed by atoms with Crippen molar-refractivity contribution in [1.82, 2.24) is 4.90 Å². The first-order valence-corrected chi connectivity index (χ1v) is 5.92. The molecule has 0 aliphatic heterocycles. The van der Waals surface area contributed by atoms with Crippen LogP contribution in [0.4, 0.5) is 10.1 Å². The highest BCUT2D eigenvalue weighted by Crippen LogP contribution is 2.14. The van der Waals surface area contributed by atoms with Crippen molar-refractivity contribution < 1.29 is 14.3 Å². The first kappa shape index (κ1) is 14.4. The number of hydrogen-bond donors (Lipinski definition) is 2. The van der Waals surface area contributed by atoms with Crippen molar-refractivity contribution in [3.8, 4) is 0 Å². The molecule has 0 radical (unpaired) electrons. The van der Waals surface area contributed by atoms with E-state index in [2.05, 4.69) is 10.2 Å². The highest BCUT2D eigenvalue weighted by molar-refractivity contribution is 5.88. The molecule has 0 aromatic heterocycles. The Kier molecular flexibility index (Phi) is 5.58. The van der Waals surface area contributed by atoms with Gasteiger partial charge in [0.25, 0.3) is 0 Å². The number of anilines is 1. The average Bonchev–Trinajstić information content (AvgIpc) is 2.27. The lowest BCUT2D eigenvalue weighted by Gasteiger charge is -2.10. The molecule has 0 atom stereocenters.